The molecule has 0 saturated carbocycles. The molecule has 1 amide bonds. The van der Waals surface area contributed by atoms with E-state index in [1.54, 1.807) is 32.0 Å². The molecular formula is C12H16N2O2S. The molecule has 0 aliphatic heterocycles. The van der Waals surface area contributed by atoms with Crippen LogP contribution in [0, 0.1) is 0 Å². The second-order valence-electron chi connectivity index (χ2n) is 4.08. The maximum atomic E-state index is 11.9. The molecule has 5 heteroatoms. The quantitative estimate of drug-likeness (QED) is 0.800. The first kappa shape index (κ1) is 13.6. The molecule has 0 saturated heterocycles. The summed E-state index contributed by atoms with van der Waals surface area (Å²) in [6.45, 7) is 3.37. The van der Waals surface area contributed by atoms with Gasteiger partial charge in [-0.15, -0.1) is 0 Å². The van der Waals surface area contributed by atoms with E-state index >= 15 is 0 Å². The molecule has 0 aromatic heterocycles. The standard InChI is InChI=1S/C12H16N2O2S/c1-12(2,16-3)11(15)14-9-7-5-4-6-8(9)10(13)17/h4-7H,1-3H3,(H2,13,17)(H,14,15). The van der Waals surface area contributed by atoms with Gasteiger partial charge in [-0.2, -0.15) is 0 Å². The molecule has 0 aliphatic carbocycles. The number of anilines is 1. The largest absolute Gasteiger partial charge is 0.389 e. The number of nitrogens with two attached hydrogens (primary N) is 1. The van der Waals surface area contributed by atoms with Crippen molar-refractivity contribution in [3.8, 4) is 0 Å². The van der Waals surface area contributed by atoms with Crippen LogP contribution in [0.1, 0.15) is 19.4 Å². The zero-order chi connectivity index (χ0) is 13.1. The smallest absolute Gasteiger partial charge is 0.256 e. The van der Waals surface area contributed by atoms with E-state index in [1.807, 2.05) is 6.07 Å². The number of ether oxygens (including phenoxy) is 1. The molecule has 17 heavy (non-hydrogen) atoms. The fraction of sp³-hybridized carbons (Fsp3) is 0.333. The van der Waals surface area contributed by atoms with Crippen LogP contribution in [0.15, 0.2) is 24.3 Å². The number of benzene rings is 1. The highest BCUT2D eigenvalue weighted by Crippen LogP contribution is 2.18. The van der Waals surface area contributed by atoms with Crippen molar-refractivity contribution >= 4 is 28.8 Å². The number of carbonyl (C=O) groups is 1. The molecular weight excluding hydrogens is 236 g/mol. The van der Waals surface area contributed by atoms with E-state index in [0.29, 0.717) is 11.3 Å². The maximum absolute atomic E-state index is 11.9. The molecule has 0 unspecified atom stereocenters. The van der Waals surface area contributed by atoms with E-state index in [9.17, 15) is 4.79 Å². The van der Waals surface area contributed by atoms with Crippen molar-refractivity contribution in [1.29, 1.82) is 0 Å². The van der Waals surface area contributed by atoms with Crippen LogP contribution in [0.2, 0.25) is 0 Å². The zero-order valence-electron chi connectivity index (χ0n) is 10.1. The van der Waals surface area contributed by atoms with Crippen LogP contribution in [0.25, 0.3) is 0 Å². The first-order valence-electron chi connectivity index (χ1n) is 5.14. The second-order valence-corrected chi connectivity index (χ2v) is 4.52. The summed E-state index contributed by atoms with van der Waals surface area (Å²) in [6.07, 6.45) is 0. The lowest BCUT2D eigenvalue weighted by Gasteiger charge is -2.22. The van der Waals surface area contributed by atoms with Gasteiger partial charge in [-0.3, -0.25) is 4.79 Å². The van der Waals surface area contributed by atoms with Gasteiger partial charge < -0.3 is 15.8 Å². The van der Waals surface area contributed by atoms with E-state index < -0.39 is 5.60 Å². The van der Waals surface area contributed by atoms with Gasteiger partial charge >= 0.3 is 0 Å². The lowest BCUT2D eigenvalue weighted by atomic mass is 10.1. The summed E-state index contributed by atoms with van der Waals surface area (Å²) >= 11 is 4.92. The number of rotatable bonds is 4. The maximum Gasteiger partial charge on any atom is 0.256 e. The predicted octanol–water partition coefficient (Wildman–Crippen LogP) is 1.68. The van der Waals surface area contributed by atoms with Gasteiger partial charge in [0.15, 0.2) is 0 Å². The molecule has 92 valence electrons. The van der Waals surface area contributed by atoms with Gasteiger partial charge in [0, 0.05) is 12.7 Å². The molecule has 0 bridgehead atoms. The number of amides is 1. The highest BCUT2D eigenvalue weighted by Gasteiger charge is 2.27. The Labute approximate surface area is 106 Å². The third-order valence-electron chi connectivity index (χ3n) is 2.50. The van der Waals surface area contributed by atoms with Gasteiger partial charge in [-0.1, -0.05) is 24.4 Å². The monoisotopic (exact) mass is 252 g/mol. The summed E-state index contributed by atoms with van der Waals surface area (Å²) < 4.78 is 5.10. The van der Waals surface area contributed by atoms with Crippen LogP contribution in [-0.4, -0.2) is 23.6 Å². The zero-order valence-corrected chi connectivity index (χ0v) is 10.9. The average molecular weight is 252 g/mol. The Morgan fingerprint density at radius 2 is 2.00 bits per heavy atom. The molecule has 0 atom stereocenters. The van der Waals surface area contributed by atoms with Crippen molar-refractivity contribution < 1.29 is 9.53 Å². The number of hydrogen-bond acceptors (Lipinski definition) is 3. The van der Waals surface area contributed by atoms with Crippen molar-refractivity contribution in [2.45, 2.75) is 19.4 Å². The van der Waals surface area contributed by atoms with Crippen LogP contribution >= 0.6 is 12.2 Å². The van der Waals surface area contributed by atoms with E-state index in [2.05, 4.69) is 5.32 Å². The van der Waals surface area contributed by atoms with E-state index in [1.165, 1.54) is 7.11 Å². The SMILES string of the molecule is COC(C)(C)C(=O)Nc1ccccc1C(N)=S. The Morgan fingerprint density at radius 3 is 2.53 bits per heavy atom. The van der Waals surface area contributed by atoms with E-state index in [0.717, 1.165) is 0 Å². The van der Waals surface area contributed by atoms with E-state index in [4.69, 9.17) is 22.7 Å². The number of thiocarbonyl (C=S) groups is 1. The Bertz CT molecular complexity index is 444. The number of carbonyl (C=O) groups excluding carboxylic acids is 1. The molecule has 4 nitrogen and oxygen atoms in total. The number of hydrogen-bond donors (Lipinski definition) is 2. The van der Waals surface area contributed by atoms with Crippen LogP contribution < -0.4 is 11.1 Å². The molecule has 1 rings (SSSR count). The summed E-state index contributed by atoms with van der Waals surface area (Å²) in [5.41, 5.74) is 5.92. The Hall–Kier alpha value is -1.46. The Morgan fingerprint density at radius 1 is 1.41 bits per heavy atom. The van der Waals surface area contributed by atoms with Gasteiger partial charge in [0.25, 0.3) is 5.91 Å². The number of nitrogens with one attached hydrogen (secondary N) is 1. The molecule has 0 aliphatic rings. The second kappa shape index (κ2) is 5.25. The lowest BCUT2D eigenvalue weighted by Crippen LogP contribution is -2.39. The first-order valence-corrected chi connectivity index (χ1v) is 5.54. The number of para-hydroxylation sites is 1. The predicted molar refractivity (Wildman–Crippen MR) is 72.0 cm³/mol. The van der Waals surface area contributed by atoms with Crippen molar-refractivity contribution in [3.05, 3.63) is 29.8 Å². The summed E-state index contributed by atoms with van der Waals surface area (Å²) in [4.78, 5) is 12.2. The first-order chi connectivity index (χ1) is 7.88. The highest BCUT2D eigenvalue weighted by atomic mass is 32.1. The molecule has 3 N–H and O–H groups in total. The summed E-state index contributed by atoms with van der Waals surface area (Å²) in [7, 11) is 1.49. The molecule has 0 heterocycles. The van der Waals surface area contributed by atoms with Crippen LogP contribution in [0.5, 0.6) is 0 Å². The Balaban J connectivity index is 2.97. The highest BCUT2D eigenvalue weighted by molar-refractivity contribution is 7.80. The van der Waals surface area contributed by atoms with Crippen LogP contribution in [0.3, 0.4) is 0 Å². The third-order valence-corrected chi connectivity index (χ3v) is 2.72. The van der Waals surface area contributed by atoms with Gasteiger partial charge in [0.2, 0.25) is 0 Å². The molecule has 0 fully saturated rings. The fourth-order valence-electron chi connectivity index (χ4n) is 1.17. The van der Waals surface area contributed by atoms with Crippen LogP contribution in [-0.2, 0) is 9.53 Å². The van der Waals surface area contributed by atoms with Gasteiger partial charge in [0.05, 0.1) is 5.69 Å². The number of methoxy groups -OCH3 is 1. The topological polar surface area (TPSA) is 64.3 Å². The third kappa shape index (κ3) is 3.25. The molecule has 0 spiro atoms. The normalized spacial score (nSPS) is 11.0. The molecule has 1 aromatic rings. The summed E-state index contributed by atoms with van der Waals surface area (Å²) in [5.74, 6) is -0.247. The average Bonchev–Trinajstić information content (AvgIpc) is 2.29. The van der Waals surface area contributed by atoms with Crippen molar-refractivity contribution in [3.63, 3.8) is 0 Å². The van der Waals surface area contributed by atoms with Crippen molar-refractivity contribution in [1.82, 2.24) is 0 Å². The summed E-state index contributed by atoms with van der Waals surface area (Å²) in [6, 6.07) is 7.12. The minimum absolute atomic E-state index is 0.246. The van der Waals surface area contributed by atoms with Gasteiger partial charge in [-0.25, -0.2) is 0 Å². The van der Waals surface area contributed by atoms with Crippen molar-refractivity contribution in [2.75, 3.05) is 12.4 Å². The molecule has 0 radical (unpaired) electrons. The van der Waals surface area contributed by atoms with Gasteiger partial charge in [0.1, 0.15) is 10.6 Å². The fourth-order valence-corrected chi connectivity index (χ4v) is 1.35. The molecule has 1 aromatic carbocycles. The minimum atomic E-state index is -0.899. The van der Waals surface area contributed by atoms with Crippen molar-refractivity contribution in [2.24, 2.45) is 5.73 Å². The van der Waals surface area contributed by atoms with Crippen LogP contribution in [0.4, 0.5) is 5.69 Å². The van der Waals surface area contributed by atoms with E-state index in [-0.39, 0.29) is 10.9 Å². The summed E-state index contributed by atoms with van der Waals surface area (Å²) in [5, 5.41) is 2.75. The lowest BCUT2D eigenvalue weighted by molar-refractivity contribution is -0.133. The minimum Gasteiger partial charge on any atom is -0.389 e. The van der Waals surface area contributed by atoms with Gasteiger partial charge in [-0.05, 0) is 26.0 Å². The Kier molecular flexibility index (Phi) is 4.20.